The van der Waals surface area contributed by atoms with E-state index in [2.05, 4.69) is 12.2 Å². The molecule has 118 valence electrons. The Labute approximate surface area is 130 Å². The van der Waals surface area contributed by atoms with Gasteiger partial charge in [0.15, 0.2) is 0 Å². The molecule has 1 rings (SSSR count). The van der Waals surface area contributed by atoms with Gasteiger partial charge in [-0.2, -0.15) is 0 Å². The molecule has 21 heavy (non-hydrogen) atoms. The molecule has 0 fully saturated rings. The average molecular weight is 333 g/mol. The number of hydrogen-bond donors (Lipinski definition) is 1. The van der Waals surface area contributed by atoms with Crippen LogP contribution in [0.2, 0.25) is 0 Å². The summed E-state index contributed by atoms with van der Waals surface area (Å²) in [6.07, 6.45) is 3.02. The van der Waals surface area contributed by atoms with Crippen molar-refractivity contribution in [3.8, 4) is 0 Å². The van der Waals surface area contributed by atoms with Crippen molar-refractivity contribution in [2.24, 2.45) is 0 Å². The highest BCUT2D eigenvalue weighted by atomic mass is 35.7. The zero-order chi connectivity index (χ0) is 16.0. The largest absolute Gasteiger partial charge is 0.377 e. The minimum Gasteiger partial charge on any atom is -0.377 e. The molecule has 0 aliphatic rings. The second-order valence-electron chi connectivity index (χ2n) is 4.98. The van der Waals surface area contributed by atoms with Crippen LogP contribution in [0.5, 0.6) is 0 Å². The highest BCUT2D eigenvalue weighted by molar-refractivity contribution is 8.13. The summed E-state index contributed by atoms with van der Waals surface area (Å²) in [4.78, 5) is 13.6. The molecule has 0 radical (unpaired) electrons. The summed E-state index contributed by atoms with van der Waals surface area (Å²) in [5.41, 5.74) is 0.740. The molecular formula is C14H21ClN2O3S. The number of carbonyl (C=O) groups is 1. The highest BCUT2D eigenvalue weighted by Crippen LogP contribution is 2.27. The molecule has 7 heteroatoms. The van der Waals surface area contributed by atoms with Crippen molar-refractivity contribution in [3.63, 3.8) is 0 Å². The van der Waals surface area contributed by atoms with Crippen molar-refractivity contribution in [3.05, 3.63) is 23.8 Å². The number of halogens is 1. The van der Waals surface area contributed by atoms with Crippen LogP contribution in [-0.4, -0.2) is 35.0 Å². The molecule has 0 bridgehead atoms. The smallest absolute Gasteiger partial charge is 0.263 e. The predicted octanol–water partition coefficient (Wildman–Crippen LogP) is 2.60. The lowest BCUT2D eigenvalue weighted by atomic mass is 10.1. The molecule has 1 aromatic carbocycles. The Morgan fingerprint density at radius 1 is 1.29 bits per heavy atom. The molecule has 5 nitrogen and oxygen atoms in total. The monoisotopic (exact) mass is 332 g/mol. The minimum absolute atomic E-state index is 0.0598. The van der Waals surface area contributed by atoms with Crippen LogP contribution in [0.4, 0.5) is 5.69 Å². The summed E-state index contributed by atoms with van der Waals surface area (Å²) in [6, 6.07) is 4.49. The van der Waals surface area contributed by atoms with E-state index in [9.17, 15) is 13.2 Å². The van der Waals surface area contributed by atoms with Gasteiger partial charge in [0, 0.05) is 36.9 Å². The molecular weight excluding hydrogens is 312 g/mol. The number of nitrogens with zero attached hydrogens (tertiary/aromatic N) is 1. The zero-order valence-electron chi connectivity index (χ0n) is 12.5. The van der Waals surface area contributed by atoms with Gasteiger partial charge in [-0.1, -0.05) is 19.8 Å². The van der Waals surface area contributed by atoms with Crippen LogP contribution in [0, 0.1) is 0 Å². The number of rotatable bonds is 7. The van der Waals surface area contributed by atoms with Gasteiger partial charge < -0.3 is 10.2 Å². The van der Waals surface area contributed by atoms with E-state index in [0.29, 0.717) is 12.2 Å². The Kier molecular flexibility index (Phi) is 6.48. The molecule has 0 aliphatic carbocycles. The summed E-state index contributed by atoms with van der Waals surface area (Å²) in [6.45, 7) is 2.66. The summed E-state index contributed by atoms with van der Waals surface area (Å²) in [5, 5.41) is 2.77. The lowest BCUT2D eigenvalue weighted by Gasteiger charge is -2.16. The molecule has 1 N–H and O–H groups in total. The molecule has 0 aliphatic heterocycles. The van der Waals surface area contributed by atoms with Gasteiger partial charge in [-0.05, 0) is 24.6 Å². The molecule has 0 saturated heterocycles. The van der Waals surface area contributed by atoms with Gasteiger partial charge in [-0.25, -0.2) is 8.42 Å². The Balaban J connectivity index is 2.98. The summed E-state index contributed by atoms with van der Waals surface area (Å²) in [5.74, 6) is -0.294. The van der Waals surface area contributed by atoms with Gasteiger partial charge in [-0.15, -0.1) is 0 Å². The third-order valence-corrected chi connectivity index (χ3v) is 4.38. The van der Waals surface area contributed by atoms with Crippen molar-refractivity contribution < 1.29 is 13.2 Å². The standard InChI is InChI=1S/C14H21ClN2O3S/c1-4-5-6-9-16-14(18)11-7-8-12(17(2)3)13(10-11)21(15,19)20/h7-8,10H,4-6,9H2,1-3H3,(H,16,18). The van der Waals surface area contributed by atoms with Crippen LogP contribution in [0.15, 0.2) is 23.1 Å². The fourth-order valence-corrected chi connectivity index (χ4v) is 3.04. The number of benzene rings is 1. The first kappa shape index (κ1) is 17.8. The van der Waals surface area contributed by atoms with E-state index >= 15 is 0 Å². The summed E-state index contributed by atoms with van der Waals surface area (Å²) >= 11 is 0. The number of carbonyl (C=O) groups excluding carboxylic acids is 1. The van der Waals surface area contributed by atoms with Gasteiger partial charge in [0.25, 0.3) is 15.0 Å². The van der Waals surface area contributed by atoms with Crippen LogP contribution in [-0.2, 0) is 9.05 Å². The SMILES string of the molecule is CCCCCNC(=O)c1ccc(N(C)C)c(S(=O)(=O)Cl)c1. The van der Waals surface area contributed by atoms with Gasteiger partial charge in [0.05, 0.1) is 5.69 Å². The van der Waals surface area contributed by atoms with E-state index in [1.807, 2.05) is 0 Å². The maximum atomic E-state index is 12.0. The molecule has 1 amide bonds. The lowest BCUT2D eigenvalue weighted by molar-refractivity contribution is 0.0953. The highest BCUT2D eigenvalue weighted by Gasteiger charge is 2.19. The van der Waals surface area contributed by atoms with Crippen LogP contribution < -0.4 is 10.2 Å². The fourth-order valence-electron chi connectivity index (χ4n) is 1.90. The summed E-state index contributed by atoms with van der Waals surface area (Å²) < 4.78 is 23.3. The first-order valence-electron chi connectivity index (χ1n) is 6.81. The van der Waals surface area contributed by atoms with Crippen molar-refractivity contribution >= 4 is 31.3 Å². The van der Waals surface area contributed by atoms with E-state index in [0.717, 1.165) is 19.3 Å². The Hall–Kier alpha value is -1.27. The van der Waals surface area contributed by atoms with Crippen molar-refractivity contribution in [1.29, 1.82) is 0 Å². The van der Waals surface area contributed by atoms with Crippen LogP contribution in [0.1, 0.15) is 36.5 Å². The average Bonchev–Trinajstić information content (AvgIpc) is 2.41. The first-order chi connectivity index (χ1) is 9.77. The maximum absolute atomic E-state index is 12.0. The number of hydrogen-bond acceptors (Lipinski definition) is 4. The second kappa shape index (κ2) is 7.66. The van der Waals surface area contributed by atoms with E-state index in [4.69, 9.17) is 10.7 Å². The van der Waals surface area contributed by atoms with E-state index in [-0.39, 0.29) is 16.4 Å². The van der Waals surface area contributed by atoms with Crippen LogP contribution in [0.25, 0.3) is 0 Å². The third kappa shape index (κ3) is 5.21. The number of anilines is 1. The molecule has 0 saturated carbocycles. The summed E-state index contributed by atoms with van der Waals surface area (Å²) in [7, 11) is 4.96. The van der Waals surface area contributed by atoms with Gasteiger partial charge >= 0.3 is 0 Å². The van der Waals surface area contributed by atoms with E-state index < -0.39 is 9.05 Å². The Morgan fingerprint density at radius 3 is 2.48 bits per heavy atom. The fraction of sp³-hybridized carbons (Fsp3) is 0.500. The van der Waals surface area contributed by atoms with E-state index in [1.165, 1.54) is 6.07 Å². The van der Waals surface area contributed by atoms with E-state index in [1.54, 1.807) is 31.1 Å². The second-order valence-corrected chi connectivity index (χ2v) is 7.51. The number of nitrogens with one attached hydrogen (secondary N) is 1. The molecule has 0 unspecified atom stereocenters. The topological polar surface area (TPSA) is 66.5 Å². The molecule has 1 aromatic rings. The maximum Gasteiger partial charge on any atom is 0.263 e. The van der Waals surface area contributed by atoms with Crippen LogP contribution in [0.3, 0.4) is 0 Å². The Bertz CT molecular complexity index is 600. The number of unbranched alkanes of at least 4 members (excludes halogenated alkanes) is 2. The Morgan fingerprint density at radius 2 is 1.95 bits per heavy atom. The van der Waals surface area contributed by atoms with Crippen molar-refractivity contribution in [2.75, 3.05) is 25.5 Å². The molecule has 0 spiro atoms. The molecule has 0 heterocycles. The molecule has 0 atom stereocenters. The predicted molar refractivity (Wildman–Crippen MR) is 85.7 cm³/mol. The van der Waals surface area contributed by atoms with Crippen molar-refractivity contribution in [2.45, 2.75) is 31.1 Å². The quantitative estimate of drug-likeness (QED) is 0.615. The lowest BCUT2D eigenvalue weighted by Crippen LogP contribution is -2.25. The van der Waals surface area contributed by atoms with Gasteiger partial charge in [-0.3, -0.25) is 4.79 Å². The third-order valence-electron chi connectivity index (χ3n) is 3.03. The van der Waals surface area contributed by atoms with Crippen molar-refractivity contribution in [1.82, 2.24) is 5.32 Å². The first-order valence-corrected chi connectivity index (χ1v) is 9.12. The molecule has 0 aromatic heterocycles. The van der Waals surface area contributed by atoms with Gasteiger partial charge in [0.1, 0.15) is 4.90 Å². The normalized spacial score (nSPS) is 11.2. The van der Waals surface area contributed by atoms with Gasteiger partial charge in [0.2, 0.25) is 0 Å². The zero-order valence-corrected chi connectivity index (χ0v) is 14.1. The minimum atomic E-state index is -3.91. The van der Waals surface area contributed by atoms with Crippen LogP contribution >= 0.6 is 10.7 Å². The number of amides is 1.